The molecule has 1 unspecified atom stereocenters. The zero-order chi connectivity index (χ0) is 25.9. The molecule has 196 valence electrons. The lowest BCUT2D eigenvalue weighted by Crippen LogP contribution is -2.41. The predicted octanol–water partition coefficient (Wildman–Crippen LogP) is 5.07. The molecule has 4 rings (SSSR count). The fourth-order valence-corrected chi connectivity index (χ4v) is 5.18. The van der Waals surface area contributed by atoms with Crippen molar-refractivity contribution >= 4 is 5.91 Å². The zero-order valence-electron chi connectivity index (χ0n) is 21.0. The molecule has 2 fully saturated rings. The van der Waals surface area contributed by atoms with Crippen molar-refractivity contribution in [3.8, 4) is 16.9 Å². The topological polar surface area (TPSA) is 53.0 Å². The van der Waals surface area contributed by atoms with E-state index in [0.717, 1.165) is 32.4 Å². The maximum Gasteiger partial charge on any atom is 0.257 e. The van der Waals surface area contributed by atoms with E-state index in [1.807, 2.05) is 0 Å². The minimum absolute atomic E-state index is 0.0828. The molecule has 2 aliphatic rings. The summed E-state index contributed by atoms with van der Waals surface area (Å²) >= 11 is 0. The number of aliphatic hydroxyl groups is 1. The van der Waals surface area contributed by atoms with Crippen LogP contribution in [0.2, 0.25) is 0 Å². The van der Waals surface area contributed by atoms with Crippen molar-refractivity contribution in [1.82, 2.24) is 9.80 Å². The van der Waals surface area contributed by atoms with Crippen LogP contribution in [0, 0.1) is 17.6 Å². The number of benzene rings is 2. The minimum Gasteiger partial charge on any atom is -0.493 e. The Hall–Kier alpha value is -2.58. The second-order valence-corrected chi connectivity index (χ2v) is 10.6. The smallest absolute Gasteiger partial charge is 0.257 e. The minimum atomic E-state index is -1.21. The summed E-state index contributed by atoms with van der Waals surface area (Å²) in [6, 6.07) is 8.29. The van der Waals surface area contributed by atoms with Crippen molar-refractivity contribution in [3.05, 3.63) is 53.6 Å². The summed E-state index contributed by atoms with van der Waals surface area (Å²) in [6.07, 6.45) is 3.26. The molecule has 0 aliphatic carbocycles. The van der Waals surface area contributed by atoms with E-state index in [4.69, 9.17) is 4.74 Å². The predicted molar refractivity (Wildman–Crippen MR) is 133 cm³/mol. The Morgan fingerprint density at radius 2 is 1.81 bits per heavy atom. The number of alkyl halides is 1. The molecule has 2 aromatic rings. The summed E-state index contributed by atoms with van der Waals surface area (Å²) in [5.74, 6) is -0.986. The number of halogens is 3. The van der Waals surface area contributed by atoms with Gasteiger partial charge >= 0.3 is 0 Å². The number of carbonyl (C=O) groups excluding carboxylic acids is 1. The Balaban J connectivity index is 1.36. The number of nitrogens with zero attached hydrogens (tertiary/aromatic N) is 2. The van der Waals surface area contributed by atoms with E-state index in [2.05, 4.69) is 4.90 Å². The molecule has 2 heterocycles. The van der Waals surface area contributed by atoms with Crippen LogP contribution in [0.5, 0.6) is 5.75 Å². The summed E-state index contributed by atoms with van der Waals surface area (Å²) in [5, 5.41) is 9.45. The van der Waals surface area contributed by atoms with E-state index in [-0.39, 0.29) is 23.8 Å². The van der Waals surface area contributed by atoms with Crippen LogP contribution in [-0.4, -0.2) is 71.9 Å². The Morgan fingerprint density at radius 3 is 2.44 bits per heavy atom. The van der Waals surface area contributed by atoms with Gasteiger partial charge in [-0.25, -0.2) is 13.2 Å². The molecule has 1 atom stereocenters. The molecule has 1 N–H and O–H groups in total. The Bertz CT molecular complexity index is 1060. The highest BCUT2D eigenvalue weighted by atomic mass is 19.1. The van der Waals surface area contributed by atoms with Gasteiger partial charge in [0.2, 0.25) is 0 Å². The van der Waals surface area contributed by atoms with E-state index in [1.54, 1.807) is 26.0 Å². The molecular formula is C28H35F3N2O3. The molecule has 5 nitrogen and oxygen atoms in total. The highest BCUT2D eigenvalue weighted by molar-refractivity contribution is 5.95. The van der Waals surface area contributed by atoms with E-state index in [0.29, 0.717) is 43.3 Å². The number of aliphatic hydroxyl groups excluding tert-OH is 1. The first kappa shape index (κ1) is 26.5. The van der Waals surface area contributed by atoms with Gasteiger partial charge in [0.05, 0.1) is 24.8 Å². The highest BCUT2D eigenvalue weighted by Gasteiger charge is 2.30. The first-order valence-corrected chi connectivity index (χ1v) is 12.7. The Morgan fingerprint density at radius 1 is 1.06 bits per heavy atom. The molecule has 0 spiro atoms. The van der Waals surface area contributed by atoms with Gasteiger partial charge in [0.15, 0.2) is 0 Å². The van der Waals surface area contributed by atoms with Crippen molar-refractivity contribution in [3.63, 3.8) is 0 Å². The molecule has 2 aliphatic heterocycles. The standard InChI is InChI=1S/C28H35F3N2O3/c1-28(2,31)18-32-12-9-19(10-13-32)17-36-22-6-8-23(26(30)15-22)20-5-7-24(25(29)14-20)27(35)33-11-3-4-21(33)16-34/h5-8,14-15,19,21,34H,3-4,9-13,16-18H2,1-2H3. The van der Waals surface area contributed by atoms with Gasteiger partial charge in [-0.2, -0.15) is 0 Å². The lowest BCUT2D eigenvalue weighted by Gasteiger charge is -2.34. The van der Waals surface area contributed by atoms with Crippen molar-refractivity contribution in [2.24, 2.45) is 5.92 Å². The average molecular weight is 505 g/mol. The summed E-state index contributed by atoms with van der Waals surface area (Å²) in [4.78, 5) is 16.4. The van der Waals surface area contributed by atoms with E-state index < -0.39 is 23.2 Å². The van der Waals surface area contributed by atoms with Crippen LogP contribution >= 0.6 is 0 Å². The first-order chi connectivity index (χ1) is 17.1. The van der Waals surface area contributed by atoms with Gasteiger partial charge in [0.25, 0.3) is 5.91 Å². The number of piperidine rings is 1. The van der Waals surface area contributed by atoms with Gasteiger partial charge in [0.1, 0.15) is 23.1 Å². The monoisotopic (exact) mass is 504 g/mol. The number of amides is 1. The number of hydrogen-bond donors (Lipinski definition) is 1. The third-order valence-corrected chi connectivity index (χ3v) is 7.09. The molecule has 0 aromatic heterocycles. The number of carbonyl (C=O) groups is 1. The van der Waals surface area contributed by atoms with Gasteiger partial charge in [-0.15, -0.1) is 0 Å². The van der Waals surface area contributed by atoms with Crippen molar-refractivity contribution < 1.29 is 27.8 Å². The largest absolute Gasteiger partial charge is 0.493 e. The number of hydrogen-bond acceptors (Lipinski definition) is 4. The maximum absolute atomic E-state index is 14.9. The number of ether oxygens (including phenoxy) is 1. The third kappa shape index (κ3) is 6.40. The summed E-state index contributed by atoms with van der Waals surface area (Å²) in [7, 11) is 0. The second kappa shape index (κ2) is 11.2. The normalized spacial score (nSPS) is 19.6. The summed E-state index contributed by atoms with van der Waals surface area (Å²) in [5.41, 5.74) is -0.744. The van der Waals surface area contributed by atoms with E-state index in [1.165, 1.54) is 29.2 Å². The molecule has 0 saturated carbocycles. The third-order valence-electron chi connectivity index (χ3n) is 7.09. The lowest BCUT2D eigenvalue weighted by atomic mass is 9.97. The van der Waals surface area contributed by atoms with Crippen LogP contribution < -0.4 is 4.74 Å². The van der Waals surface area contributed by atoms with Gasteiger partial charge in [0, 0.05) is 24.7 Å². The number of likely N-dealkylation sites (tertiary alicyclic amines) is 2. The molecule has 36 heavy (non-hydrogen) atoms. The molecule has 0 radical (unpaired) electrons. The van der Waals surface area contributed by atoms with Gasteiger partial charge < -0.3 is 19.6 Å². The van der Waals surface area contributed by atoms with E-state index >= 15 is 0 Å². The second-order valence-electron chi connectivity index (χ2n) is 10.6. The van der Waals surface area contributed by atoms with Crippen molar-refractivity contribution in [2.45, 2.75) is 51.2 Å². The molecule has 8 heteroatoms. The Kier molecular flexibility index (Phi) is 8.25. The average Bonchev–Trinajstić information content (AvgIpc) is 3.31. The van der Waals surface area contributed by atoms with Crippen LogP contribution in [0.15, 0.2) is 36.4 Å². The Labute approximate surface area is 210 Å². The van der Waals surface area contributed by atoms with Crippen molar-refractivity contribution in [1.29, 1.82) is 0 Å². The summed E-state index contributed by atoms with van der Waals surface area (Å²) in [6.45, 7) is 6.02. The lowest BCUT2D eigenvalue weighted by molar-refractivity contribution is 0.0673. The molecule has 0 bridgehead atoms. The van der Waals surface area contributed by atoms with Crippen LogP contribution in [0.25, 0.3) is 11.1 Å². The van der Waals surface area contributed by atoms with Gasteiger partial charge in [-0.05, 0) is 88.4 Å². The van der Waals surface area contributed by atoms with Crippen molar-refractivity contribution in [2.75, 3.05) is 39.4 Å². The summed E-state index contributed by atoms with van der Waals surface area (Å²) < 4.78 is 49.4. The van der Waals surface area contributed by atoms with Gasteiger partial charge in [-0.1, -0.05) is 6.07 Å². The molecular weight excluding hydrogens is 469 g/mol. The molecule has 2 saturated heterocycles. The fraction of sp³-hybridized carbons (Fsp3) is 0.536. The van der Waals surface area contributed by atoms with Crippen LogP contribution in [0.4, 0.5) is 13.2 Å². The SMILES string of the molecule is CC(C)(F)CN1CCC(COc2ccc(-c3ccc(C(=O)N4CCCC4CO)c(F)c3)c(F)c2)CC1. The maximum atomic E-state index is 14.9. The molecule has 1 amide bonds. The number of rotatable bonds is 8. The van der Waals surface area contributed by atoms with Gasteiger partial charge in [-0.3, -0.25) is 4.79 Å². The molecule has 2 aromatic carbocycles. The van der Waals surface area contributed by atoms with Crippen LogP contribution in [-0.2, 0) is 0 Å². The van der Waals surface area contributed by atoms with Crippen LogP contribution in [0.1, 0.15) is 49.9 Å². The van der Waals surface area contributed by atoms with E-state index in [9.17, 15) is 23.1 Å². The van der Waals surface area contributed by atoms with Crippen LogP contribution in [0.3, 0.4) is 0 Å². The zero-order valence-corrected chi connectivity index (χ0v) is 21.0. The highest BCUT2D eigenvalue weighted by Crippen LogP contribution is 2.30. The quantitative estimate of drug-likeness (QED) is 0.546. The fourth-order valence-electron chi connectivity index (χ4n) is 5.18. The first-order valence-electron chi connectivity index (χ1n) is 12.7.